The molecule has 0 radical (unpaired) electrons. The van der Waals surface area contributed by atoms with Gasteiger partial charge in [0.2, 0.25) is 0 Å². The van der Waals surface area contributed by atoms with E-state index in [0.29, 0.717) is 11.8 Å². The molecule has 6 aromatic carbocycles. The summed E-state index contributed by atoms with van der Waals surface area (Å²) in [5.74, 6) is 0.858. The van der Waals surface area contributed by atoms with Crippen LogP contribution >= 0.6 is 0 Å². The molecule has 6 aromatic rings. The van der Waals surface area contributed by atoms with Crippen LogP contribution in [0.2, 0.25) is 0 Å². The van der Waals surface area contributed by atoms with Crippen molar-refractivity contribution in [2.75, 3.05) is 37.0 Å². The van der Waals surface area contributed by atoms with E-state index in [-0.39, 0.29) is 12.2 Å². The molecule has 2 bridgehead atoms. The SMILES string of the molecule is CCN(CC)c1ccc(C2C3OC2C3c2ccc(N(C)C)c3cc4ccccc4cc23)c2cc3ccccc3cc12. The van der Waals surface area contributed by atoms with Gasteiger partial charge in [0.1, 0.15) is 0 Å². The smallest absolute Gasteiger partial charge is 0.0767 e. The molecule has 0 amide bonds. The van der Waals surface area contributed by atoms with Gasteiger partial charge in [-0.3, -0.25) is 0 Å². The summed E-state index contributed by atoms with van der Waals surface area (Å²) >= 11 is 0. The molecule has 2 aliphatic heterocycles. The number of nitrogens with zero attached hydrogens (tertiary/aromatic N) is 2. The van der Waals surface area contributed by atoms with Crippen LogP contribution in [0.25, 0.3) is 43.1 Å². The van der Waals surface area contributed by atoms with Crippen LogP contribution in [-0.4, -0.2) is 39.4 Å². The molecule has 0 N–H and O–H groups in total. The Kier molecular flexibility index (Phi) is 5.55. The Morgan fingerprint density at radius 2 is 0.951 bits per heavy atom. The predicted molar refractivity (Wildman–Crippen MR) is 175 cm³/mol. The minimum atomic E-state index is 0.217. The Bertz CT molecular complexity index is 1960. The van der Waals surface area contributed by atoms with Gasteiger partial charge in [-0.25, -0.2) is 0 Å². The van der Waals surface area contributed by atoms with E-state index in [1.54, 1.807) is 0 Å². The van der Waals surface area contributed by atoms with E-state index >= 15 is 0 Å². The third-order valence-electron chi connectivity index (χ3n) is 9.82. The molecule has 3 fully saturated rings. The lowest BCUT2D eigenvalue weighted by atomic mass is 9.56. The molecule has 2 heterocycles. The molecular formula is C38H36N2O. The van der Waals surface area contributed by atoms with E-state index < -0.39 is 0 Å². The highest BCUT2D eigenvalue weighted by atomic mass is 16.6. The number of hydrogen-bond donors (Lipinski definition) is 0. The van der Waals surface area contributed by atoms with Crippen molar-refractivity contribution in [2.24, 2.45) is 0 Å². The van der Waals surface area contributed by atoms with Crippen molar-refractivity contribution < 1.29 is 4.74 Å². The first-order valence-electron chi connectivity index (χ1n) is 15.1. The van der Waals surface area contributed by atoms with Crippen LogP contribution in [0.5, 0.6) is 0 Å². The highest BCUT2D eigenvalue weighted by molar-refractivity contribution is 6.07. The van der Waals surface area contributed by atoms with Crippen molar-refractivity contribution in [3.05, 3.63) is 108 Å². The molecule has 0 aromatic heterocycles. The van der Waals surface area contributed by atoms with E-state index in [0.717, 1.165) is 13.1 Å². The molecule has 1 saturated carbocycles. The highest BCUT2D eigenvalue weighted by Crippen LogP contribution is 2.64. The second-order valence-electron chi connectivity index (χ2n) is 12.0. The van der Waals surface area contributed by atoms with Crippen LogP contribution in [0, 0.1) is 0 Å². The summed E-state index contributed by atoms with van der Waals surface area (Å²) < 4.78 is 6.41. The van der Waals surface area contributed by atoms with Gasteiger partial charge in [0.25, 0.3) is 0 Å². The van der Waals surface area contributed by atoms with Crippen molar-refractivity contribution in [1.29, 1.82) is 0 Å². The molecule has 9 rings (SSSR count). The van der Waals surface area contributed by atoms with Crippen molar-refractivity contribution >= 4 is 54.5 Å². The minimum Gasteiger partial charge on any atom is -0.377 e. The van der Waals surface area contributed by atoms with Crippen molar-refractivity contribution in [3.63, 3.8) is 0 Å². The summed E-state index contributed by atoms with van der Waals surface area (Å²) in [5.41, 5.74) is 5.48. The monoisotopic (exact) mass is 536 g/mol. The van der Waals surface area contributed by atoms with Crippen LogP contribution in [0.1, 0.15) is 36.8 Å². The average Bonchev–Trinajstić information content (AvgIpc) is 2.95. The number of benzene rings is 6. The summed E-state index contributed by atoms with van der Waals surface area (Å²) in [6, 6.07) is 36.5. The van der Waals surface area contributed by atoms with Gasteiger partial charge in [-0.2, -0.15) is 0 Å². The van der Waals surface area contributed by atoms with E-state index in [4.69, 9.17) is 4.74 Å². The molecule has 3 nitrogen and oxygen atoms in total. The number of rotatable bonds is 6. The van der Waals surface area contributed by atoms with Crippen molar-refractivity contribution in [1.82, 2.24) is 0 Å². The fourth-order valence-electron chi connectivity index (χ4n) is 7.61. The lowest BCUT2D eigenvalue weighted by molar-refractivity contribution is -0.282. The minimum absolute atomic E-state index is 0.217. The van der Waals surface area contributed by atoms with Gasteiger partial charge in [-0.15, -0.1) is 0 Å². The molecular weight excluding hydrogens is 500 g/mol. The Hall–Kier alpha value is -4.08. The maximum absolute atomic E-state index is 6.41. The number of ether oxygens (including phenoxy) is 1. The first-order valence-corrected chi connectivity index (χ1v) is 15.1. The quantitative estimate of drug-likeness (QED) is 0.198. The topological polar surface area (TPSA) is 15.7 Å². The maximum atomic E-state index is 6.41. The van der Waals surface area contributed by atoms with E-state index in [1.807, 2.05) is 0 Å². The predicted octanol–water partition coefficient (Wildman–Crippen LogP) is 8.86. The fraction of sp³-hybridized carbons (Fsp3) is 0.263. The average molecular weight is 537 g/mol. The van der Waals surface area contributed by atoms with Gasteiger partial charge in [-0.1, -0.05) is 60.7 Å². The standard InChI is InChI=1S/C38H36N2O/c1-5-40(6-2)34-18-16-28(30-20-24-12-8-10-14-26(24)22-32(30)34)36-37-35(38(36)41-37)27-15-17-33(39(3)4)31-21-25-13-9-7-11-23(25)19-29(27)31/h7-22,35-38H,5-6H2,1-4H3. The zero-order valence-corrected chi connectivity index (χ0v) is 24.3. The van der Waals surface area contributed by atoms with Gasteiger partial charge in [0.05, 0.1) is 12.2 Å². The third-order valence-corrected chi connectivity index (χ3v) is 9.82. The summed E-state index contributed by atoms with van der Waals surface area (Å²) in [4.78, 5) is 4.71. The summed E-state index contributed by atoms with van der Waals surface area (Å²) in [5, 5.41) is 10.6. The molecule has 3 heteroatoms. The largest absolute Gasteiger partial charge is 0.377 e. The molecule has 2 unspecified atom stereocenters. The second kappa shape index (κ2) is 9.22. The number of hydrogen-bond acceptors (Lipinski definition) is 3. The molecule has 3 aliphatic rings. The Morgan fingerprint density at radius 3 is 1.37 bits per heavy atom. The van der Waals surface area contributed by atoms with Gasteiger partial charge in [-0.05, 0) is 93.7 Å². The third kappa shape index (κ3) is 3.55. The summed E-state index contributed by atoms with van der Waals surface area (Å²) in [7, 11) is 4.28. The molecule has 204 valence electrons. The molecule has 2 saturated heterocycles. The maximum Gasteiger partial charge on any atom is 0.0767 e. The van der Waals surface area contributed by atoms with Crippen LogP contribution in [0.15, 0.2) is 97.1 Å². The lowest BCUT2D eigenvalue weighted by Gasteiger charge is -2.64. The number of fused-ring (bicyclic) bond motifs is 4. The van der Waals surface area contributed by atoms with Crippen molar-refractivity contribution in [2.45, 2.75) is 37.9 Å². The molecule has 1 aliphatic carbocycles. The lowest BCUT2D eigenvalue weighted by Crippen LogP contribution is -2.67. The first-order chi connectivity index (χ1) is 20.1. The van der Waals surface area contributed by atoms with Crippen LogP contribution in [0.3, 0.4) is 0 Å². The van der Waals surface area contributed by atoms with Crippen LogP contribution < -0.4 is 9.80 Å². The van der Waals surface area contributed by atoms with Gasteiger partial charge < -0.3 is 14.5 Å². The van der Waals surface area contributed by atoms with E-state index in [2.05, 4.69) is 135 Å². The fourth-order valence-corrected chi connectivity index (χ4v) is 7.61. The Labute approximate surface area is 241 Å². The van der Waals surface area contributed by atoms with Crippen LogP contribution in [-0.2, 0) is 4.74 Å². The van der Waals surface area contributed by atoms with Crippen LogP contribution in [0.4, 0.5) is 11.4 Å². The Morgan fingerprint density at radius 1 is 0.537 bits per heavy atom. The summed E-state index contributed by atoms with van der Waals surface area (Å²) in [6.45, 7) is 6.50. The highest BCUT2D eigenvalue weighted by Gasteiger charge is 2.64. The van der Waals surface area contributed by atoms with E-state index in [1.165, 1.54) is 65.6 Å². The zero-order valence-electron chi connectivity index (χ0n) is 24.3. The summed E-state index contributed by atoms with van der Waals surface area (Å²) in [6.07, 6.45) is 0.433. The molecule has 2 atom stereocenters. The van der Waals surface area contributed by atoms with Gasteiger partial charge in [0, 0.05) is 61.2 Å². The van der Waals surface area contributed by atoms with E-state index in [9.17, 15) is 0 Å². The van der Waals surface area contributed by atoms with Crippen molar-refractivity contribution in [3.8, 4) is 0 Å². The number of anilines is 2. The second-order valence-corrected chi connectivity index (χ2v) is 12.0. The zero-order chi connectivity index (χ0) is 27.8. The molecule has 0 spiro atoms. The normalized spacial score (nSPS) is 21.3. The van der Waals surface area contributed by atoms with Gasteiger partial charge >= 0.3 is 0 Å². The Balaban J connectivity index is 1.24. The van der Waals surface area contributed by atoms with Gasteiger partial charge in [0.15, 0.2) is 0 Å². The molecule has 41 heavy (non-hydrogen) atoms. The first kappa shape index (κ1) is 24.7.